The van der Waals surface area contributed by atoms with Crippen molar-refractivity contribution in [3.8, 4) is 70.7 Å². The molecule has 0 saturated heterocycles. The zero-order chi connectivity index (χ0) is 66.0. The Balaban J connectivity index is 0.000000206. The lowest BCUT2D eigenvalue weighted by Crippen LogP contribution is -2.19. The highest BCUT2D eigenvalue weighted by molar-refractivity contribution is 9.10. The summed E-state index contributed by atoms with van der Waals surface area (Å²) in [7, 11) is -2.62. The number of carbonyl (C=O) groups is 3. The maximum atomic E-state index is 13.5. The Morgan fingerprint density at radius 1 is 0.467 bits per heavy atom. The van der Waals surface area contributed by atoms with Crippen LogP contribution >= 0.6 is 15.9 Å². The fourth-order valence-electron chi connectivity index (χ4n) is 6.81. The first kappa shape index (κ1) is 69.0. The number of ketones is 3. The maximum Gasteiger partial charge on any atom is 0.434 e. The van der Waals surface area contributed by atoms with Crippen molar-refractivity contribution in [2.24, 2.45) is 0 Å². The summed E-state index contributed by atoms with van der Waals surface area (Å²) in [5.74, 6) is 3.17. The molecule has 0 aliphatic rings. The second kappa shape index (κ2) is 30.2. The van der Waals surface area contributed by atoms with E-state index in [2.05, 4.69) is 123 Å². The van der Waals surface area contributed by atoms with E-state index in [1.165, 1.54) is 68.3 Å². The molecule has 0 atom stereocenters. The van der Waals surface area contributed by atoms with Crippen molar-refractivity contribution in [1.82, 2.24) is 59.2 Å². The molecule has 0 aliphatic heterocycles. The van der Waals surface area contributed by atoms with E-state index in [0.29, 0.717) is 17.1 Å². The first-order valence-electron chi connectivity index (χ1n) is 26.0. The number of benzene rings is 3. The van der Waals surface area contributed by atoms with E-state index < -0.39 is 92.3 Å². The van der Waals surface area contributed by atoms with Crippen molar-refractivity contribution in [2.45, 2.75) is 77.4 Å². The molecule has 0 saturated carbocycles. The minimum atomic E-state index is -4.83. The number of ether oxygens (including phenoxy) is 3. The van der Waals surface area contributed by atoms with E-state index >= 15 is 0 Å². The number of carbonyl (C=O) groups excluding carboxylic acids is 3. The number of alkyl halides is 9. The second-order valence-electron chi connectivity index (χ2n) is 20.5. The lowest BCUT2D eigenvalue weighted by atomic mass is 10.1. The zero-order valence-electron chi connectivity index (χ0n) is 48.2. The first-order chi connectivity index (χ1) is 42.3. The van der Waals surface area contributed by atoms with Gasteiger partial charge >= 0.3 is 18.5 Å². The van der Waals surface area contributed by atoms with E-state index in [0.717, 1.165) is 42.3 Å². The number of aromatic nitrogens is 12. The summed E-state index contributed by atoms with van der Waals surface area (Å²) in [6, 6.07) is 26.1. The Hall–Kier alpha value is -10.1. The fraction of sp³-hybridized carbons (Fsp3) is 0.200. The number of rotatable bonds is 15. The minimum Gasteiger partial charge on any atom is -0.439 e. The SMILES string of the molecule is C#C[Si](C)(C)C.C#Cc1ccc(Oc2ccc(C(=O)Cn3cncn3)c(C(F)(F)F)n2)cc1.C[Si](C)(C)C#Cc1ccc(Oc2ccc(C(=O)Cn3cncn3)c(C(F)(F)F)n2)cc1.O=C(Cn1cncn1)c1ccc(Oc2ccc(Br)cc2)nc1C(F)(F)F. The normalized spacial score (nSPS) is 11.3. The molecule has 0 N–H and O–H groups in total. The van der Waals surface area contributed by atoms with Gasteiger partial charge in [-0.25, -0.2) is 43.9 Å². The van der Waals surface area contributed by atoms with Gasteiger partial charge in [0.25, 0.3) is 0 Å². The lowest BCUT2D eigenvalue weighted by Gasteiger charge is -2.13. The minimum absolute atomic E-state index is 0.260. The lowest BCUT2D eigenvalue weighted by molar-refractivity contribution is -0.142. The van der Waals surface area contributed by atoms with Gasteiger partial charge in [-0.2, -0.15) is 54.8 Å². The Morgan fingerprint density at radius 3 is 1.02 bits per heavy atom. The standard InChI is InChI=1S/C21H19F3N4O2Si.C18H11F3N4O2.C16H10BrF3N4O2.C5H10Si/c1-31(2,3)11-10-15-4-6-16(7-5-15)30-19-9-8-17(20(27-19)21(22,23)24)18(29)12-28-14-25-13-26-28;1-2-12-3-5-13(6-4-12)27-16-8-7-14(17(24-16)18(19,20)21)15(26)9-25-11-22-10-23-25;17-10-1-3-11(4-2-10)26-14-6-5-12(15(23-14)16(18,19)20)13(25)7-24-9-21-8-22-24;1-5-6(2,3)4/h4-9,13-14H,12H2,1-3H3;1,3-8,10-11H,9H2;1-6,8-9H,7H2;1H,2-4H3. The topological polar surface area (TPSA) is 210 Å². The van der Waals surface area contributed by atoms with Crippen LogP contribution in [0.4, 0.5) is 39.5 Å². The van der Waals surface area contributed by atoms with Crippen LogP contribution in [-0.4, -0.2) is 92.7 Å². The summed E-state index contributed by atoms with van der Waals surface area (Å²) < 4.78 is 141. The van der Waals surface area contributed by atoms with Crippen LogP contribution in [0, 0.1) is 35.8 Å². The number of hydrogen-bond donors (Lipinski definition) is 0. The summed E-state index contributed by atoms with van der Waals surface area (Å²) in [5.41, 5.74) is 1.71. The summed E-state index contributed by atoms with van der Waals surface area (Å²) in [5, 5.41) is 11.1. The molecule has 18 nitrogen and oxygen atoms in total. The number of nitrogens with zero attached hydrogens (tertiary/aromatic N) is 12. The summed E-state index contributed by atoms with van der Waals surface area (Å²) in [6.07, 6.45) is 3.15. The average Bonchev–Trinajstić information content (AvgIpc) is 0.922. The monoisotopic (exact) mass is 1340 g/mol. The quantitative estimate of drug-likeness (QED) is 0.0404. The highest BCUT2D eigenvalue weighted by atomic mass is 79.9. The van der Waals surface area contributed by atoms with Crippen molar-refractivity contribution in [1.29, 1.82) is 0 Å². The van der Waals surface area contributed by atoms with Crippen molar-refractivity contribution < 1.29 is 68.1 Å². The van der Waals surface area contributed by atoms with Crippen LogP contribution in [0.25, 0.3) is 0 Å². The van der Waals surface area contributed by atoms with Crippen LogP contribution in [0.1, 0.15) is 59.3 Å². The van der Waals surface area contributed by atoms with Gasteiger partial charge in [0.15, 0.2) is 34.4 Å². The van der Waals surface area contributed by atoms with Crippen molar-refractivity contribution in [3.63, 3.8) is 0 Å². The molecule has 9 aromatic rings. The molecule has 0 radical (unpaired) electrons. The largest absolute Gasteiger partial charge is 0.439 e. The van der Waals surface area contributed by atoms with Crippen molar-refractivity contribution in [2.75, 3.05) is 0 Å². The van der Waals surface area contributed by atoms with Crippen LogP contribution in [0.2, 0.25) is 39.3 Å². The molecule has 9 rings (SSSR count). The van der Waals surface area contributed by atoms with Crippen LogP contribution < -0.4 is 14.2 Å². The van der Waals surface area contributed by atoms with Crippen LogP contribution in [0.5, 0.6) is 34.9 Å². The molecule has 0 aliphatic carbocycles. The molecule has 0 amide bonds. The van der Waals surface area contributed by atoms with Crippen LogP contribution in [-0.2, 0) is 38.2 Å². The maximum absolute atomic E-state index is 13.5. The molecular formula is C60H50BrF9N12O6Si2. The average molecular weight is 1340 g/mol. The Labute approximate surface area is 519 Å². The van der Waals surface area contributed by atoms with Crippen molar-refractivity contribution >= 4 is 49.4 Å². The predicted octanol–water partition coefficient (Wildman–Crippen LogP) is 13.6. The summed E-state index contributed by atoms with van der Waals surface area (Å²) >= 11 is 3.25. The molecular weight excluding hydrogens is 1290 g/mol. The van der Waals surface area contributed by atoms with Crippen LogP contribution in [0.15, 0.2) is 152 Å². The van der Waals surface area contributed by atoms with Gasteiger partial charge in [-0.1, -0.05) is 67.1 Å². The van der Waals surface area contributed by atoms with Gasteiger partial charge in [-0.05, 0) is 91.0 Å². The Bertz CT molecular complexity index is 4040. The third kappa shape index (κ3) is 21.9. The molecule has 30 heteroatoms. The Kier molecular flexibility index (Phi) is 23.2. The van der Waals surface area contributed by atoms with Gasteiger partial charge in [0.05, 0.1) is 16.7 Å². The molecule has 0 spiro atoms. The van der Waals surface area contributed by atoms with Gasteiger partial charge in [-0.3, -0.25) is 14.4 Å². The summed E-state index contributed by atoms with van der Waals surface area (Å²) in [4.78, 5) is 58.2. The fourth-order valence-corrected chi connectivity index (χ4v) is 7.59. The van der Waals surface area contributed by atoms with E-state index in [4.69, 9.17) is 27.1 Å². The van der Waals surface area contributed by atoms with E-state index in [1.54, 1.807) is 60.7 Å². The number of pyridine rings is 3. The van der Waals surface area contributed by atoms with E-state index in [-0.39, 0.29) is 36.5 Å². The molecule has 90 heavy (non-hydrogen) atoms. The highest BCUT2D eigenvalue weighted by Crippen LogP contribution is 2.36. The summed E-state index contributed by atoms with van der Waals surface area (Å²) in [6.45, 7) is 11.7. The smallest absolute Gasteiger partial charge is 0.434 e. The van der Waals surface area contributed by atoms with Crippen LogP contribution in [0.3, 0.4) is 0 Å². The second-order valence-corrected chi connectivity index (χ2v) is 31.0. The van der Waals surface area contributed by atoms with Crippen molar-refractivity contribution in [3.05, 3.63) is 197 Å². The molecule has 6 aromatic heterocycles. The number of halogens is 10. The molecule has 0 bridgehead atoms. The van der Waals surface area contributed by atoms with Gasteiger partial charge < -0.3 is 14.2 Å². The van der Waals surface area contributed by atoms with Gasteiger partial charge in [0.1, 0.15) is 91.0 Å². The number of hydrogen-bond acceptors (Lipinski definition) is 15. The van der Waals surface area contributed by atoms with Gasteiger partial charge in [0, 0.05) is 33.8 Å². The third-order valence-corrected chi connectivity index (χ3v) is 13.3. The predicted molar refractivity (Wildman–Crippen MR) is 318 cm³/mol. The first-order valence-corrected chi connectivity index (χ1v) is 33.8. The van der Waals surface area contributed by atoms with Gasteiger partial charge in [0.2, 0.25) is 17.6 Å². The molecule has 0 fully saturated rings. The molecule has 3 aromatic carbocycles. The Morgan fingerprint density at radius 2 is 0.767 bits per heavy atom. The molecule has 0 unspecified atom stereocenters. The third-order valence-electron chi connectivity index (χ3n) is 11.0. The van der Waals surface area contributed by atoms with E-state index in [9.17, 15) is 53.9 Å². The number of terminal acetylenes is 2. The zero-order valence-corrected chi connectivity index (χ0v) is 51.8. The van der Waals surface area contributed by atoms with Gasteiger partial charge in [-0.15, -0.1) is 23.9 Å². The number of Topliss-reactive ketones (excluding diaryl/α,β-unsaturated/α-hetero) is 3. The molecule has 464 valence electrons. The van der Waals surface area contributed by atoms with E-state index in [1.807, 2.05) is 0 Å². The highest BCUT2D eigenvalue weighted by Gasteiger charge is 2.40. The molecule has 6 heterocycles.